The van der Waals surface area contributed by atoms with Crippen molar-refractivity contribution >= 4 is 11.8 Å². The quantitative estimate of drug-likeness (QED) is 0.435. The Morgan fingerprint density at radius 3 is 2.42 bits per heavy atom. The van der Waals surface area contributed by atoms with Crippen molar-refractivity contribution in [3.05, 3.63) is 53.1 Å². The smallest absolute Gasteiger partial charge is 0.229 e. The van der Waals surface area contributed by atoms with Gasteiger partial charge in [0, 0.05) is 38.9 Å². The minimum absolute atomic E-state index is 0.121. The van der Waals surface area contributed by atoms with E-state index < -0.39 is 0 Å². The fraction of sp³-hybridized carbons (Fsp3) is 0.517. The van der Waals surface area contributed by atoms with Crippen LogP contribution >= 0.6 is 0 Å². The second-order valence-electron chi connectivity index (χ2n) is 10.1. The van der Waals surface area contributed by atoms with Crippen LogP contribution in [0, 0.1) is 5.92 Å². The van der Waals surface area contributed by atoms with Crippen LogP contribution in [0.4, 0.5) is 0 Å². The Labute approximate surface area is 213 Å². The molecule has 0 atom stereocenters. The summed E-state index contributed by atoms with van der Waals surface area (Å²) < 4.78 is 17.2. The summed E-state index contributed by atoms with van der Waals surface area (Å²) in [5, 5.41) is 0. The van der Waals surface area contributed by atoms with Gasteiger partial charge in [-0.2, -0.15) is 0 Å². The summed E-state index contributed by atoms with van der Waals surface area (Å²) >= 11 is 0. The van der Waals surface area contributed by atoms with Gasteiger partial charge in [0.15, 0.2) is 11.5 Å². The van der Waals surface area contributed by atoms with Gasteiger partial charge in [-0.15, -0.1) is 0 Å². The van der Waals surface area contributed by atoms with Gasteiger partial charge >= 0.3 is 0 Å². The van der Waals surface area contributed by atoms with Crippen molar-refractivity contribution in [2.24, 2.45) is 5.92 Å². The minimum Gasteiger partial charge on any atom is -0.493 e. The number of hydrogen-bond donors (Lipinski definition) is 0. The molecule has 2 amide bonds. The average Bonchev–Trinajstić information content (AvgIpc) is 3.63. The zero-order valence-corrected chi connectivity index (χ0v) is 21.2. The predicted molar refractivity (Wildman–Crippen MR) is 136 cm³/mol. The summed E-state index contributed by atoms with van der Waals surface area (Å²) in [6, 6.07) is 12.7. The number of carbonyl (C=O) groups is 2. The summed E-state index contributed by atoms with van der Waals surface area (Å²) in [6.07, 6.45) is 6.89. The monoisotopic (exact) mass is 492 g/mol. The Morgan fingerprint density at radius 1 is 0.944 bits per heavy atom. The highest BCUT2D eigenvalue weighted by Crippen LogP contribution is 2.31. The molecule has 1 saturated heterocycles. The molecular weight excluding hydrogens is 456 g/mol. The van der Waals surface area contributed by atoms with Crippen LogP contribution in [0.25, 0.3) is 0 Å². The van der Waals surface area contributed by atoms with Crippen molar-refractivity contribution in [3.8, 4) is 17.2 Å². The Hall–Kier alpha value is -3.06. The number of rotatable bonds is 11. The van der Waals surface area contributed by atoms with Crippen LogP contribution in [0.3, 0.4) is 0 Å². The highest BCUT2D eigenvalue weighted by molar-refractivity contribution is 6.01. The van der Waals surface area contributed by atoms with E-state index in [1.165, 1.54) is 47.3 Å². The molecule has 0 spiro atoms. The summed E-state index contributed by atoms with van der Waals surface area (Å²) in [6.45, 7) is 4.13. The van der Waals surface area contributed by atoms with Crippen LogP contribution in [-0.2, 0) is 29.1 Å². The molecule has 2 aromatic carbocycles. The lowest BCUT2D eigenvalue weighted by molar-refractivity contribution is -0.138. The first-order chi connectivity index (χ1) is 17.6. The standard InChI is InChI=1S/C29H36N2O5/c1-34-27-17-23(7-9-26(27)36-15-13-31-28(32)10-11-29(31)33)20-30(18-21-4-2-3-5-21)19-22-6-8-25-24(16-22)12-14-35-25/h6-9,16-17,21H,2-5,10-15,18-20H2,1H3. The third-order valence-corrected chi connectivity index (χ3v) is 7.51. The first-order valence-electron chi connectivity index (χ1n) is 13.2. The van der Waals surface area contributed by atoms with Crippen LogP contribution in [0.15, 0.2) is 36.4 Å². The van der Waals surface area contributed by atoms with Gasteiger partial charge in [-0.05, 0) is 53.6 Å². The number of nitrogens with zero attached hydrogens (tertiary/aromatic N) is 2. The van der Waals surface area contributed by atoms with E-state index in [1.54, 1.807) is 7.11 Å². The van der Waals surface area contributed by atoms with Crippen LogP contribution < -0.4 is 14.2 Å². The molecular formula is C29H36N2O5. The second kappa shape index (κ2) is 11.3. The van der Waals surface area contributed by atoms with Gasteiger partial charge in [-0.1, -0.05) is 31.0 Å². The fourth-order valence-electron chi connectivity index (χ4n) is 5.65. The predicted octanol–water partition coefficient (Wildman–Crippen LogP) is 4.35. The van der Waals surface area contributed by atoms with Crippen LogP contribution in [0.5, 0.6) is 17.2 Å². The molecule has 0 radical (unpaired) electrons. The molecule has 1 aliphatic carbocycles. The molecule has 0 unspecified atom stereocenters. The first-order valence-corrected chi connectivity index (χ1v) is 13.2. The fourth-order valence-corrected chi connectivity index (χ4v) is 5.65. The number of benzene rings is 2. The van der Waals surface area contributed by atoms with E-state index in [0.717, 1.165) is 44.3 Å². The Balaban J connectivity index is 1.24. The maximum Gasteiger partial charge on any atom is 0.229 e. The third-order valence-electron chi connectivity index (χ3n) is 7.51. The second-order valence-corrected chi connectivity index (χ2v) is 10.1. The SMILES string of the molecule is COc1cc(CN(Cc2ccc3c(c2)CCO3)CC2CCCC2)ccc1OCCN1C(=O)CCC1=O. The molecule has 2 aliphatic heterocycles. The van der Waals surface area contributed by atoms with E-state index in [0.29, 0.717) is 24.3 Å². The Kier molecular flexibility index (Phi) is 7.75. The molecule has 36 heavy (non-hydrogen) atoms. The van der Waals surface area contributed by atoms with E-state index in [4.69, 9.17) is 14.2 Å². The van der Waals surface area contributed by atoms with Gasteiger partial charge in [0.25, 0.3) is 0 Å². The van der Waals surface area contributed by atoms with Crippen LogP contribution in [-0.4, -0.2) is 55.0 Å². The molecule has 0 aromatic heterocycles. The number of carbonyl (C=O) groups excluding carboxylic acids is 2. The van der Waals surface area contributed by atoms with E-state index in [2.05, 4.69) is 29.2 Å². The van der Waals surface area contributed by atoms with E-state index in [1.807, 2.05) is 12.1 Å². The molecule has 7 heteroatoms. The largest absolute Gasteiger partial charge is 0.493 e. The molecule has 5 rings (SSSR count). The maximum absolute atomic E-state index is 11.8. The van der Waals surface area contributed by atoms with Crippen LogP contribution in [0.1, 0.15) is 55.2 Å². The molecule has 2 heterocycles. The topological polar surface area (TPSA) is 68.3 Å². The number of methoxy groups -OCH3 is 1. The number of likely N-dealkylation sites (tertiary alicyclic amines) is 1. The normalized spacial score (nSPS) is 17.7. The summed E-state index contributed by atoms with van der Waals surface area (Å²) in [5.41, 5.74) is 3.82. The minimum atomic E-state index is -0.121. The highest BCUT2D eigenvalue weighted by Gasteiger charge is 2.28. The summed E-state index contributed by atoms with van der Waals surface area (Å²) in [7, 11) is 1.64. The van der Waals surface area contributed by atoms with Gasteiger partial charge in [-0.3, -0.25) is 19.4 Å². The number of fused-ring (bicyclic) bond motifs is 1. The van der Waals surface area contributed by atoms with Gasteiger partial charge in [0.1, 0.15) is 12.4 Å². The number of hydrogen-bond acceptors (Lipinski definition) is 6. The van der Waals surface area contributed by atoms with Crippen LogP contribution in [0.2, 0.25) is 0 Å². The van der Waals surface area contributed by atoms with E-state index in [-0.39, 0.29) is 25.0 Å². The van der Waals surface area contributed by atoms with Crippen molar-refractivity contribution in [2.45, 2.75) is 58.0 Å². The molecule has 192 valence electrons. The molecule has 2 fully saturated rings. The van der Waals surface area contributed by atoms with Crippen molar-refractivity contribution in [3.63, 3.8) is 0 Å². The number of ether oxygens (including phenoxy) is 3. The van der Waals surface area contributed by atoms with Crippen molar-refractivity contribution in [1.29, 1.82) is 0 Å². The van der Waals surface area contributed by atoms with Crippen molar-refractivity contribution < 1.29 is 23.8 Å². The summed E-state index contributed by atoms with van der Waals surface area (Å²) in [4.78, 5) is 27.5. The third kappa shape index (κ3) is 5.84. The lowest BCUT2D eigenvalue weighted by Gasteiger charge is -2.26. The first kappa shape index (κ1) is 24.6. The molecule has 3 aliphatic rings. The Bertz CT molecular complexity index is 1080. The van der Waals surface area contributed by atoms with Gasteiger partial charge in [0.2, 0.25) is 11.8 Å². The molecule has 0 bridgehead atoms. The zero-order valence-electron chi connectivity index (χ0n) is 21.2. The van der Waals surface area contributed by atoms with Gasteiger partial charge in [-0.25, -0.2) is 0 Å². The molecule has 7 nitrogen and oxygen atoms in total. The average molecular weight is 493 g/mol. The van der Waals surface area contributed by atoms with Crippen molar-refractivity contribution in [1.82, 2.24) is 9.80 Å². The number of imide groups is 1. The number of amides is 2. The molecule has 0 N–H and O–H groups in total. The van der Waals surface area contributed by atoms with Gasteiger partial charge in [0.05, 0.1) is 20.3 Å². The highest BCUT2D eigenvalue weighted by atomic mass is 16.5. The maximum atomic E-state index is 11.8. The molecule has 1 saturated carbocycles. The van der Waals surface area contributed by atoms with E-state index >= 15 is 0 Å². The van der Waals surface area contributed by atoms with Crippen molar-refractivity contribution in [2.75, 3.05) is 33.4 Å². The Morgan fingerprint density at radius 2 is 1.67 bits per heavy atom. The lowest BCUT2D eigenvalue weighted by atomic mass is 10.0. The molecule has 2 aromatic rings. The zero-order chi connectivity index (χ0) is 24.9. The lowest BCUT2D eigenvalue weighted by Crippen LogP contribution is -2.33. The summed E-state index contributed by atoms with van der Waals surface area (Å²) in [5.74, 6) is 2.83. The van der Waals surface area contributed by atoms with Gasteiger partial charge < -0.3 is 14.2 Å². The van der Waals surface area contributed by atoms with E-state index in [9.17, 15) is 9.59 Å².